The lowest BCUT2D eigenvalue weighted by Gasteiger charge is -2.58. The highest BCUT2D eigenvalue weighted by molar-refractivity contribution is 5.65. The molecule has 3 nitrogen and oxygen atoms in total. The number of ether oxygens (including phenoxy) is 2. The van der Waals surface area contributed by atoms with E-state index in [2.05, 4.69) is 20.8 Å². The molecule has 1 saturated carbocycles. The van der Waals surface area contributed by atoms with Crippen molar-refractivity contribution in [2.75, 3.05) is 13.2 Å². The third-order valence-corrected chi connectivity index (χ3v) is 4.67. The zero-order valence-corrected chi connectivity index (χ0v) is 10.7. The van der Waals surface area contributed by atoms with E-state index >= 15 is 0 Å². The maximum Gasteiger partial charge on any atom is 0.302 e. The van der Waals surface area contributed by atoms with E-state index in [1.54, 1.807) is 0 Å². The van der Waals surface area contributed by atoms with Gasteiger partial charge in [-0.1, -0.05) is 13.8 Å². The van der Waals surface area contributed by atoms with Crippen LogP contribution in [0.25, 0.3) is 0 Å². The largest absolute Gasteiger partial charge is 0.465 e. The molecule has 2 bridgehead atoms. The van der Waals surface area contributed by atoms with Crippen LogP contribution in [0, 0.1) is 17.3 Å². The minimum atomic E-state index is -0.187. The van der Waals surface area contributed by atoms with Crippen molar-refractivity contribution in [2.45, 2.75) is 46.1 Å². The fourth-order valence-corrected chi connectivity index (χ4v) is 3.54. The summed E-state index contributed by atoms with van der Waals surface area (Å²) in [5.74, 6) is 0.941. The number of carbonyl (C=O) groups excluding carboxylic acids is 1. The molecule has 0 aromatic heterocycles. The van der Waals surface area contributed by atoms with Crippen LogP contribution in [0.15, 0.2) is 0 Å². The predicted octanol–water partition coefficient (Wildman–Crippen LogP) is 2.39. The maximum absolute atomic E-state index is 11.0. The molecule has 2 atom stereocenters. The minimum Gasteiger partial charge on any atom is -0.465 e. The van der Waals surface area contributed by atoms with Crippen molar-refractivity contribution in [3.05, 3.63) is 0 Å². The van der Waals surface area contributed by atoms with E-state index in [4.69, 9.17) is 9.47 Å². The van der Waals surface area contributed by atoms with Gasteiger partial charge in [0.1, 0.15) is 0 Å². The smallest absolute Gasteiger partial charge is 0.302 e. The molecule has 16 heavy (non-hydrogen) atoms. The molecule has 2 unspecified atom stereocenters. The van der Waals surface area contributed by atoms with Gasteiger partial charge in [-0.05, 0) is 31.6 Å². The second kappa shape index (κ2) is 3.73. The Morgan fingerprint density at radius 3 is 2.38 bits per heavy atom. The molecular weight excluding hydrogens is 204 g/mol. The summed E-state index contributed by atoms with van der Waals surface area (Å²) in [5, 5.41) is 0. The Kier molecular flexibility index (Phi) is 2.77. The van der Waals surface area contributed by atoms with Crippen molar-refractivity contribution in [3.63, 3.8) is 0 Å². The van der Waals surface area contributed by atoms with E-state index in [1.807, 2.05) is 0 Å². The highest BCUT2D eigenvalue weighted by Gasteiger charge is 2.56. The molecule has 2 aliphatic heterocycles. The lowest BCUT2D eigenvalue weighted by Crippen LogP contribution is -2.60. The highest BCUT2D eigenvalue weighted by Crippen LogP contribution is 2.55. The first-order valence-corrected chi connectivity index (χ1v) is 6.15. The van der Waals surface area contributed by atoms with Crippen molar-refractivity contribution in [1.29, 1.82) is 0 Å². The van der Waals surface area contributed by atoms with Crippen LogP contribution in [0.1, 0.15) is 40.5 Å². The van der Waals surface area contributed by atoms with Crippen molar-refractivity contribution in [3.8, 4) is 0 Å². The molecule has 0 spiro atoms. The number of hydrogen-bond donors (Lipinski definition) is 0. The van der Waals surface area contributed by atoms with Crippen LogP contribution in [0.4, 0.5) is 0 Å². The normalized spacial score (nSPS) is 46.8. The minimum absolute atomic E-state index is 0.0451. The highest BCUT2D eigenvalue weighted by atomic mass is 16.5. The number of esters is 1. The molecule has 3 rings (SSSR count). The van der Waals surface area contributed by atoms with Gasteiger partial charge in [-0.25, -0.2) is 0 Å². The van der Waals surface area contributed by atoms with Crippen LogP contribution in [0.3, 0.4) is 0 Å². The Morgan fingerprint density at radius 2 is 1.94 bits per heavy atom. The van der Waals surface area contributed by atoms with Gasteiger partial charge in [-0.15, -0.1) is 0 Å². The molecule has 0 aromatic rings. The summed E-state index contributed by atoms with van der Waals surface area (Å²) in [5.41, 5.74) is 0.0975. The molecule has 3 aliphatic rings. The summed E-state index contributed by atoms with van der Waals surface area (Å²) in [6.45, 7) is 9.46. The van der Waals surface area contributed by atoms with Crippen LogP contribution >= 0.6 is 0 Å². The van der Waals surface area contributed by atoms with Crippen molar-refractivity contribution < 1.29 is 14.3 Å². The van der Waals surface area contributed by atoms with Gasteiger partial charge in [-0.3, -0.25) is 4.79 Å². The van der Waals surface area contributed by atoms with Crippen molar-refractivity contribution in [1.82, 2.24) is 0 Å². The molecule has 92 valence electrons. The summed E-state index contributed by atoms with van der Waals surface area (Å²) < 4.78 is 11.2. The Hall–Kier alpha value is -0.570. The summed E-state index contributed by atoms with van der Waals surface area (Å²) >= 11 is 0. The lowest BCUT2D eigenvalue weighted by atomic mass is 9.56. The van der Waals surface area contributed by atoms with Gasteiger partial charge in [-0.2, -0.15) is 0 Å². The molecule has 2 saturated heterocycles. The predicted molar refractivity (Wildman–Crippen MR) is 61.0 cm³/mol. The monoisotopic (exact) mass is 226 g/mol. The first-order valence-electron chi connectivity index (χ1n) is 6.15. The molecule has 1 aliphatic carbocycles. The van der Waals surface area contributed by atoms with Gasteiger partial charge in [0, 0.05) is 12.3 Å². The van der Waals surface area contributed by atoms with Crippen LogP contribution in [0.2, 0.25) is 0 Å². The molecule has 3 fully saturated rings. The number of carbonyl (C=O) groups is 1. The van der Waals surface area contributed by atoms with Gasteiger partial charge < -0.3 is 9.47 Å². The van der Waals surface area contributed by atoms with E-state index in [-0.39, 0.29) is 17.0 Å². The van der Waals surface area contributed by atoms with Crippen LogP contribution in [-0.4, -0.2) is 24.8 Å². The van der Waals surface area contributed by atoms with Crippen LogP contribution < -0.4 is 0 Å². The van der Waals surface area contributed by atoms with Crippen molar-refractivity contribution in [2.24, 2.45) is 17.3 Å². The average molecular weight is 226 g/mol. The molecule has 0 aromatic carbocycles. The molecular formula is C13H22O3. The SMILES string of the molecule is CC(=O)OCC12COC(C)(CC1C)CC2C. The van der Waals surface area contributed by atoms with Gasteiger partial charge in [0.05, 0.1) is 18.8 Å². The Morgan fingerprint density at radius 1 is 1.38 bits per heavy atom. The van der Waals surface area contributed by atoms with Gasteiger partial charge >= 0.3 is 5.97 Å². The third kappa shape index (κ3) is 1.75. The topological polar surface area (TPSA) is 35.5 Å². The quantitative estimate of drug-likeness (QED) is 0.678. The first kappa shape index (κ1) is 11.9. The molecule has 2 heterocycles. The van der Waals surface area contributed by atoms with E-state index in [9.17, 15) is 4.79 Å². The summed E-state index contributed by atoms with van der Waals surface area (Å²) in [6, 6.07) is 0. The van der Waals surface area contributed by atoms with E-state index in [0.29, 0.717) is 18.4 Å². The second-order valence-electron chi connectivity index (χ2n) is 5.96. The van der Waals surface area contributed by atoms with E-state index < -0.39 is 0 Å². The van der Waals surface area contributed by atoms with Gasteiger partial charge in [0.15, 0.2) is 0 Å². The Balaban J connectivity index is 2.15. The summed E-state index contributed by atoms with van der Waals surface area (Å²) in [4.78, 5) is 11.0. The molecule has 0 amide bonds. The summed E-state index contributed by atoms with van der Waals surface area (Å²) in [7, 11) is 0. The zero-order valence-electron chi connectivity index (χ0n) is 10.7. The Bertz CT molecular complexity index is 286. The van der Waals surface area contributed by atoms with E-state index in [0.717, 1.165) is 19.4 Å². The number of fused-ring (bicyclic) bond motifs is 3. The maximum atomic E-state index is 11.0. The fraction of sp³-hybridized carbons (Fsp3) is 0.923. The van der Waals surface area contributed by atoms with E-state index in [1.165, 1.54) is 6.92 Å². The fourth-order valence-electron chi connectivity index (χ4n) is 3.54. The zero-order chi connectivity index (χ0) is 12.0. The molecule has 0 radical (unpaired) electrons. The van der Waals surface area contributed by atoms with Gasteiger partial charge in [0.2, 0.25) is 0 Å². The summed E-state index contributed by atoms with van der Waals surface area (Å²) in [6.07, 6.45) is 2.16. The molecule has 3 heteroatoms. The first-order chi connectivity index (χ1) is 7.38. The Labute approximate surface area is 97.5 Å². The average Bonchev–Trinajstić information content (AvgIpc) is 2.15. The van der Waals surface area contributed by atoms with Crippen molar-refractivity contribution >= 4 is 5.97 Å². The van der Waals surface area contributed by atoms with Gasteiger partial charge in [0.25, 0.3) is 0 Å². The molecule has 0 N–H and O–H groups in total. The third-order valence-electron chi connectivity index (χ3n) is 4.67. The van der Waals surface area contributed by atoms with Crippen LogP contribution in [0.5, 0.6) is 0 Å². The number of rotatable bonds is 2. The lowest BCUT2D eigenvalue weighted by molar-refractivity contribution is -0.239. The standard InChI is InChI=1S/C13H22O3/c1-9-5-12(4)6-10(2)13(9,8-16-12)7-15-11(3)14/h9-10H,5-8H2,1-4H3. The number of hydrogen-bond acceptors (Lipinski definition) is 3. The second-order valence-corrected chi connectivity index (χ2v) is 5.96. The van der Waals surface area contributed by atoms with Crippen LogP contribution in [-0.2, 0) is 14.3 Å².